The highest BCUT2D eigenvalue weighted by atomic mass is 19.1. The SMILES string of the molecule is CCCC(O)CNC(=O)Nc1cc(F)c(OC)cc1F. The molecule has 5 nitrogen and oxygen atoms in total. The Bertz CT molecular complexity index is 469. The van der Waals surface area contributed by atoms with Crippen LogP contribution in [0.15, 0.2) is 12.1 Å². The largest absolute Gasteiger partial charge is 0.494 e. The van der Waals surface area contributed by atoms with Gasteiger partial charge >= 0.3 is 6.03 Å². The van der Waals surface area contributed by atoms with Crippen LogP contribution in [0.5, 0.6) is 5.75 Å². The van der Waals surface area contributed by atoms with Gasteiger partial charge < -0.3 is 20.5 Å². The molecule has 1 unspecified atom stereocenters. The molecule has 1 rings (SSSR count). The number of aliphatic hydroxyl groups excluding tert-OH is 1. The minimum Gasteiger partial charge on any atom is -0.494 e. The molecule has 0 aliphatic carbocycles. The molecule has 2 amide bonds. The van der Waals surface area contributed by atoms with E-state index in [1.165, 1.54) is 7.11 Å². The molecule has 1 aromatic rings. The number of nitrogens with one attached hydrogen (secondary N) is 2. The van der Waals surface area contributed by atoms with Crippen LogP contribution in [-0.4, -0.2) is 30.9 Å². The van der Waals surface area contributed by atoms with Crippen LogP contribution in [0, 0.1) is 11.6 Å². The van der Waals surface area contributed by atoms with Gasteiger partial charge in [0, 0.05) is 18.7 Å². The summed E-state index contributed by atoms with van der Waals surface area (Å²) in [4.78, 5) is 11.5. The van der Waals surface area contributed by atoms with E-state index in [0.717, 1.165) is 18.6 Å². The fourth-order valence-electron chi connectivity index (χ4n) is 1.59. The van der Waals surface area contributed by atoms with Gasteiger partial charge in [-0.1, -0.05) is 13.3 Å². The Labute approximate surface area is 115 Å². The predicted octanol–water partition coefficient (Wildman–Crippen LogP) is 2.26. The molecule has 0 aromatic heterocycles. The molecule has 0 saturated carbocycles. The van der Waals surface area contributed by atoms with Gasteiger partial charge in [0.2, 0.25) is 0 Å². The minimum absolute atomic E-state index is 0.0416. The maximum absolute atomic E-state index is 13.6. The van der Waals surface area contributed by atoms with Gasteiger partial charge in [0.05, 0.1) is 18.9 Å². The molecule has 0 radical (unpaired) electrons. The van der Waals surface area contributed by atoms with Crippen molar-refractivity contribution in [2.45, 2.75) is 25.9 Å². The van der Waals surface area contributed by atoms with Crippen LogP contribution in [0.2, 0.25) is 0 Å². The average molecular weight is 288 g/mol. The molecular formula is C13H18F2N2O3. The van der Waals surface area contributed by atoms with Crippen LogP contribution in [0.3, 0.4) is 0 Å². The molecule has 0 bridgehead atoms. The molecule has 0 aliphatic rings. The second-order valence-electron chi connectivity index (χ2n) is 4.24. The number of halogens is 2. The van der Waals surface area contributed by atoms with E-state index >= 15 is 0 Å². The minimum atomic E-state index is -0.812. The standard InChI is InChI=1S/C13H18F2N2O3/c1-3-4-8(18)7-16-13(19)17-11-5-10(15)12(20-2)6-9(11)14/h5-6,8,18H,3-4,7H2,1-2H3,(H2,16,17,19). The van der Waals surface area contributed by atoms with Crippen molar-refractivity contribution in [2.24, 2.45) is 0 Å². The molecule has 20 heavy (non-hydrogen) atoms. The number of urea groups is 1. The molecular weight excluding hydrogens is 270 g/mol. The molecule has 112 valence electrons. The smallest absolute Gasteiger partial charge is 0.319 e. The van der Waals surface area contributed by atoms with Crippen LogP contribution in [0.25, 0.3) is 0 Å². The lowest BCUT2D eigenvalue weighted by Crippen LogP contribution is -2.35. The normalized spacial score (nSPS) is 11.8. The maximum atomic E-state index is 13.6. The van der Waals surface area contributed by atoms with E-state index in [9.17, 15) is 18.7 Å². The van der Waals surface area contributed by atoms with Crippen molar-refractivity contribution < 1.29 is 23.4 Å². The van der Waals surface area contributed by atoms with Crippen molar-refractivity contribution >= 4 is 11.7 Å². The number of benzene rings is 1. The fourth-order valence-corrected chi connectivity index (χ4v) is 1.59. The van der Waals surface area contributed by atoms with Gasteiger partial charge in [0.1, 0.15) is 0 Å². The molecule has 0 saturated heterocycles. The third kappa shape index (κ3) is 4.65. The Hall–Kier alpha value is -1.89. The van der Waals surface area contributed by atoms with E-state index in [-0.39, 0.29) is 18.0 Å². The van der Waals surface area contributed by atoms with E-state index in [1.54, 1.807) is 0 Å². The first-order valence-electron chi connectivity index (χ1n) is 6.23. The summed E-state index contributed by atoms with van der Waals surface area (Å²) in [6.45, 7) is 1.94. The third-order valence-electron chi connectivity index (χ3n) is 2.61. The zero-order valence-corrected chi connectivity index (χ0v) is 11.4. The number of hydrogen-bond acceptors (Lipinski definition) is 3. The summed E-state index contributed by atoms with van der Waals surface area (Å²) in [5.74, 6) is -1.84. The highest BCUT2D eigenvalue weighted by molar-refractivity contribution is 5.89. The highest BCUT2D eigenvalue weighted by Crippen LogP contribution is 2.24. The first-order valence-corrected chi connectivity index (χ1v) is 6.23. The van der Waals surface area contributed by atoms with Gasteiger partial charge in [-0.05, 0) is 6.42 Å². The number of carbonyl (C=O) groups excluding carboxylic acids is 1. The lowest BCUT2D eigenvalue weighted by atomic mass is 10.2. The number of aliphatic hydroxyl groups is 1. The van der Waals surface area contributed by atoms with Crippen molar-refractivity contribution in [3.8, 4) is 5.75 Å². The number of amides is 2. The van der Waals surface area contributed by atoms with Gasteiger partial charge in [-0.3, -0.25) is 0 Å². The highest BCUT2D eigenvalue weighted by Gasteiger charge is 2.13. The Kier molecular flexibility index (Phi) is 6.17. The van der Waals surface area contributed by atoms with Gasteiger partial charge in [-0.25, -0.2) is 13.6 Å². The van der Waals surface area contributed by atoms with Crippen LogP contribution in [0.1, 0.15) is 19.8 Å². The first-order chi connectivity index (χ1) is 9.47. The summed E-state index contributed by atoms with van der Waals surface area (Å²) >= 11 is 0. The zero-order valence-electron chi connectivity index (χ0n) is 11.4. The number of methoxy groups -OCH3 is 1. The summed E-state index contributed by atoms with van der Waals surface area (Å²) in [5, 5.41) is 14.0. The Morgan fingerprint density at radius 3 is 2.70 bits per heavy atom. The van der Waals surface area contributed by atoms with Crippen LogP contribution < -0.4 is 15.4 Å². The number of ether oxygens (including phenoxy) is 1. The Morgan fingerprint density at radius 2 is 2.10 bits per heavy atom. The summed E-state index contributed by atoms with van der Waals surface area (Å²) < 4.78 is 31.6. The average Bonchev–Trinajstić information content (AvgIpc) is 2.40. The Morgan fingerprint density at radius 1 is 1.40 bits per heavy atom. The molecule has 1 atom stereocenters. The number of anilines is 1. The third-order valence-corrected chi connectivity index (χ3v) is 2.61. The van der Waals surface area contributed by atoms with E-state index < -0.39 is 23.8 Å². The fraction of sp³-hybridized carbons (Fsp3) is 0.462. The van der Waals surface area contributed by atoms with Crippen molar-refractivity contribution in [1.82, 2.24) is 5.32 Å². The summed E-state index contributed by atoms with van der Waals surface area (Å²) in [6, 6.07) is 0.955. The molecule has 3 N–H and O–H groups in total. The molecule has 0 fully saturated rings. The molecule has 1 aromatic carbocycles. The van der Waals surface area contributed by atoms with Crippen LogP contribution >= 0.6 is 0 Å². The van der Waals surface area contributed by atoms with Gasteiger partial charge in [-0.15, -0.1) is 0 Å². The number of carbonyl (C=O) groups is 1. The van der Waals surface area contributed by atoms with E-state index in [1.807, 2.05) is 6.92 Å². The van der Waals surface area contributed by atoms with Crippen molar-refractivity contribution in [3.05, 3.63) is 23.8 Å². The molecule has 7 heteroatoms. The topological polar surface area (TPSA) is 70.6 Å². The zero-order chi connectivity index (χ0) is 15.1. The van der Waals surface area contributed by atoms with Gasteiger partial charge in [0.15, 0.2) is 17.4 Å². The van der Waals surface area contributed by atoms with Crippen LogP contribution in [-0.2, 0) is 0 Å². The monoisotopic (exact) mass is 288 g/mol. The van der Waals surface area contributed by atoms with Gasteiger partial charge in [0.25, 0.3) is 0 Å². The quantitative estimate of drug-likeness (QED) is 0.752. The first kappa shape index (κ1) is 16.2. The number of rotatable bonds is 6. The summed E-state index contributed by atoms with van der Waals surface area (Å²) in [6.07, 6.45) is 0.664. The lowest BCUT2D eigenvalue weighted by molar-refractivity contribution is 0.162. The number of hydrogen-bond donors (Lipinski definition) is 3. The van der Waals surface area contributed by atoms with Crippen molar-refractivity contribution in [3.63, 3.8) is 0 Å². The summed E-state index contributed by atoms with van der Waals surface area (Å²) in [7, 11) is 1.22. The molecule has 0 heterocycles. The predicted molar refractivity (Wildman–Crippen MR) is 70.8 cm³/mol. The van der Waals surface area contributed by atoms with Crippen molar-refractivity contribution in [1.29, 1.82) is 0 Å². The molecule has 0 spiro atoms. The molecule has 0 aliphatic heterocycles. The summed E-state index contributed by atoms with van der Waals surface area (Å²) in [5.41, 5.74) is -0.300. The Balaban J connectivity index is 2.60. The lowest BCUT2D eigenvalue weighted by Gasteiger charge is -2.12. The van der Waals surface area contributed by atoms with Crippen LogP contribution in [0.4, 0.5) is 19.3 Å². The van der Waals surface area contributed by atoms with E-state index in [4.69, 9.17) is 0 Å². The van der Waals surface area contributed by atoms with E-state index in [2.05, 4.69) is 15.4 Å². The second-order valence-corrected chi connectivity index (χ2v) is 4.24. The van der Waals surface area contributed by atoms with E-state index in [0.29, 0.717) is 6.42 Å². The maximum Gasteiger partial charge on any atom is 0.319 e. The second kappa shape index (κ2) is 7.64. The van der Waals surface area contributed by atoms with Gasteiger partial charge in [-0.2, -0.15) is 0 Å². The van der Waals surface area contributed by atoms with Crippen molar-refractivity contribution in [2.75, 3.05) is 19.0 Å².